The van der Waals surface area contributed by atoms with E-state index in [-0.39, 0.29) is 0 Å². The van der Waals surface area contributed by atoms with Crippen LogP contribution in [-0.2, 0) is 6.42 Å². The van der Waals surface area contributed by atoms with Crippen molar-refractivity contribution in [2.75, 3.05) is 5.73 Å². The van der Waals surface area contributed by atoms with Gasteiger partial charge in [0, 0.05) is 28.1 Å². The third-order valence-electron chi connectivity index (χ3n) is 3.17. The molecule has 0 fully saturated rings. The Morgan fingerprint density at radius 2 is 2.10 bits per heavy atom. The van der Waals surface area contributed by atoms with Crippen LogP contribution in [0.2, 0.25) is 0 Å². The molecule has 0 bridgehead atoms. The largest absolute Gasteiger partial charge is 0.399 e. The molecule has 0 aliphatic heterocycles. The molecule has 6 heteroatoms. The van der Waals surface area contributed by atoms with Crippen LogP contribution in [0, 0.1) is 0 Å². The molecular formula is C15H13BrN4O. The quantitative estimate of drug-likeness (QED) is 0.732. The maximum atomic E-state index is 5.81. The Morgan fingerprint density at radius 3 is 2.90 bits per heavy atom. The van der Waals surface area contributed by atoms with E-state index in [0.29, 0.717) is 17.4 Å². The van der Waals surface area contributed by atoms with Crippen LogP contribution in [-0.4, -0.2) is 15.1 Å². The van der Waals surface area contributed by atoms with E-state index in [9.17, 15) is 0 Å². The van der Waals surface area contributed by atoms with Crippen molar-refractivity contribution in [3.05, 3.63) is 46.7 Å². The molecule has 2 aromatic heterocycles. The van der Waals surface area contributed by atoms with Crippen LogP contribution >= 0.6 is 15.9 Å². The summed E-state index contributed by atoms with van der Waals surface area (Å²) in [6, 6.07) is 7.36. The Labute approximate surface area is 130 Å². The van der Waals surface area contributed by atoms with Crippen molar-refractivity contribution in [3.63, 3.8) is 0 Å². The molecule has 0 saturated carbocycles. The highest BCUT2D eigenvalue weighted by Crippen LogP contribution is 2.30. The van der Waals surface area contributed by atoms with Gasteiger partial charge in [-0.2, -0.15) is 4.98 Å². The van der Waals surface area contributed by atoms with Gasteiger partial charge in [0.15, 0.2) is 0 Å². The highest BCUT2D eigenvalue weighted by molar-refractivity contribution is 9.10. The van der Waals surface area contributed by atoms with E-state index in [0.717, 1.165) is 27.6 Å². The summed E-state index contributed by atoms with van der Waals surface area (Å²) in [7, 11) is 0. The first-order valence-corrected chi connectivity index (χ1v) is 7.30. The number of pyridine rings is 1. The molecule has 5 nitrogen and oxygen atoms in total. The minimum Gasteiger partial charge on any atom is -0.399 e. The predicted octanol–water partition coefficient (Wildman–Crippen LogP) is 3.71. The molecule has 3 rings (SSSR count). The van der Waals surface area contributed by atoms with Crippen LogP contribution < -0.4 is 5.73 Å². The standard InChI is InChI=1S/C15H13BrN4O/c1-2-9-8-18-6-5-11(9)14-19-15(21-20-14)12-7-10(17)3-4-13(12)16/h3-8H,2,17H2,1H3. The molecule has 1 aromatic carbocycles. The van der Waals surface area contributed by atoms with Crippen LogP contribution in [0.15, 0.2) is 45.7 Å². The summed E-state index contributed by atoms with van der Waals surface area (Å²) in [5, 5.41) is 4.07. The second-order valence-corrected chi connectivity index (χ2v) is 5.40. The van der Waals surface area contributed by atoms with Crippen molar-refractivity contribution in [1.29, 1.82) is 0 Å². The maximum absolute atomic E-state index is 5.81. The van der Waals surface area contributed by atoms with Gasteiger partial charge in [-0.3, -0.25) is 4.98 Å². The fraction of sp³-hybridized carbons (Fsp3) is 0.133. The lowest BCUT2D eigenvalue weighted by molar-refractivity contribution is 0.432. The van der Waals surface area contributed by atoms with E-state index < -0.39 is 0 Å². The van der Waals surface area contributed by atoms with Crippen LogP contribution in [0.5, 0.6) is 0 Å². The van der Waals surface area contributed by atoms with E-state index in [2.05, 4.69) is 38.0 Å². The molecule has 0 aliphatic carbocycles. The fourth-order valence-electron chi connectivity index (χ4n) is 2.08. The Balaban J connectivity index is 2.06. The van der Waals surface area contributed by atoms with Crippen molar-refractivity contribution >= 4 is 21.6 Å². The summed E-state index contributed by atoms with van der Waals surface area (Å²) in [4.78, 5) is 8.59. The van der Waals surface area contributed by atoms with Gasteiger partial charge >= 0.3 is 0 Å². The zero-order chi connectivity index (χ0) is 14.8. The number of anilines is 1. The molecule has 0 saturated heterocycles. The third kappa shape index (κ3) is 2.67. The lowest BCUT2D eigenvalue weighted by atomic mass is 10.1. The van der Waals surface area contributed by atoms with Crippen LogP contribution in [0.1, 0.15) is 12.5 Å². The molecule has 2 N–H and O–H groups in total. The third-order valence-corrected chi connectivity index (χ3v) is 3.86. The number of nitrogens with zero attached hydrogens (tertiary/aromatic N) is 3. The SMILES string of the molecule is CCc1cnccc1-c1noc(-c2cc(N)ccc2Br)n1. The molecular weight excluding hydrogens is 332 g/mol. The average Bonchev–Trinajstić information content (AvgIpc) is 2.99. The van der Waals surface area contributed by atoms with E-state index in [1.165, 1.54) is 0 Å². The van der Waals surface area contributed by atoms with Crippen molar-refractivity contribution in [2.24, 2.45) is 0 Å². The van der Waals surface area contributed by atoms with Gasteiger partial charge in [-0.05, 0) is 52.2 Å². The normalized spacial score (nSPS) is 10.8. The minimum absolute atomic E-state index is 0.433. The highest BCUT2D eigenvalue weighted by Gasteiger charge is 2.15. The van der Waals surface area contributed by atoms with Gasteiger partial charge in [-0.1, -0.05) is 12.1 Å². The lowest BCUT2D eigenvalue weighted by Crippen LogP contribution is -1.91. The summed E-state index contributed by atoms with van der Waals surface area (Å²) in [5.74, 6) is 0.988. The zero-order valence-corrected chi connectivity index (χ0v) is 13.0. The average molecular weight is 345 g/mol. The van der Waals surface area contributed by atoms with Crippen LogP contribution in [0.3, 0.4) is 0 Å². The van der Waals surface area contributed by atoms with Crippen molar-refractivity contribution in [3.8, 4) is 22.8 Å². The molecule has 0 spiro atoms. The Kier molecular flexibility index (Phi) is 3.70. The number of halogens is 1. The van der Waals surface area contributed by atoms with E-state index in [4.69, 9.17) is 10.3 Å². The Hall–Kier alpha value is -2.21. The first-order valence-electron chi connectivity index (χ1n) is 6.51. The number of rotatable bonds is 3. The summed E-state index contributed by atoms with van der Waals surface area (Å²) in [6.07, 6.45) is 4.40. The summed E-state index contributed by atoms with van der Waals surface area (Å²) in [6.45, 7) is 2.07. The van der Waals surface area contributed by atoms with E-state index in [1.54, 1.807) is 12.3 Å². The van der Waals surface area contributed by atoms with Crippen molar-refractivity contribution in [1.82, 2.24) is 15.1 Å². The first-order chi connectivity index (χ1) is 10.2. The summed E-state index contributed by atoms with van der Waals surface area (Å²) in [5.41, 5.74) is 9.25. The van der Waals surface area contributed by atoms with Crippen LogP contribution in [0.4, 0.5) is 5.69 Å². The predicted molar refractivity (Wildman–Crippen MR) is 84.5 cm³/mol. The monoisotopic (exact) mass is 344 g/mol. The number of nitrogen functional groups attached to an aromatic ring is 1. The number of hydrogen-bond acceptors (Lipinski definition) is 5. The van der Waals surface area contributed by atoms with Gasteiger partial charge in [0.1, 0.15) is 0 Å². The van der Waals surface area contributed by atoms with Gasteiger partial charge in [0.25, 0.3) is 5.89 Å². The number of hydrogen-bond donors (Lipinski definition) is 1. The number of benzene rings is 1. The van der Waals surface area contributed by atoms with Gasteiger partial charge in [-0.15, -0.1) is 0 Å². The Morgan fingerprint density at radius 1 is 1.24 bits per heavy atom. The van der Waals surface area contributed by atoms with Gasteiger partial charge in [-0.25, -0.2) is 0 Å². The smallest absolute Gasteiger partial charge is 0.259 e. The van der Waals surface area contributed by atoms with Gasteiger partial charge in [0.2, 0.25) is 5.82 Å². The minimum atomic E-state index is 0.433. The molecule has 0 amide bonds. The topological polar surface area (TPSA) is 77.8 Å². The van der Waals surface area contributed by atoms with Crippen LogP contribution in [0.25, 0.3) is 22.8 Å². The van der Waals surface area contributed by atoms with Gasteiger partial charge in [0.05, 0.1) is 5.56 Å². The number of nitrogens with two attached hydrogens (primary N) is 1. The number of aromatic nitrogens is 3. The Bertz CT molecular complexity index is 785. The molecule has 106 valence electrons. The molecule has 2 heterocycles. The van der Waals surface area contributed by atoms with E-state index in [1.807, 2.05) is 24.4 Å². The second kappa shape index (κ2) is 5.65. The molecule has 0 aliphatic rings. The van der Waals surface area contributed by atoms with Crippen molar-refractivity contribution in [2.45, 2.75) is 13.3 Å². The lowest BCUT2D eigenvalue weighted by Gasteiger charge is -2.01. The number of aryl methyl sites for hydroxylation is 1. The van der Waals surface area contributed by atoms with E-state index >= 15 is 0 Å². The zero-order valence-electron chi connectivity index (χ0n) is 11.4. The molecule has 0 radical (unpaired) electrons. The fourth-order valence-corrected chi connectivity index (χ4v) is 2.49. The maximum Gasteiger partial charge on any atom is 0.259 e. The molecule has 0 atom stereocenters. The molecule has 3 aromatic rings. The molecule has 0 unspecified atom stereocenters. The van der Waals surface area contributed by atoms with Crippen molar-refractivity contribution < 1.29 is 4.52 Å². The molecule has 21 heavy (non-hydrogen) atoms. The second-order valence-electron chi connectivity index (χ2n) is 4.55. The van der Waals surface area contributed by atoms with Gasteiger partial charge < -0.3 is 10.3 Å². The first kappa shape index (κ1) is 13.8. The summed E-state index contributed by atoms with van der Waals surface area (Å²) < 4.78 is 6.23. The summed E-state index contributed by atoms with van der Waals surface area (Å²) >= 11 is 3.47. The highest BCUT2D eigenvalue weighted by atomic mass is 79.9.